The Kier molecular flexibility index (Phi) is 5.96. The zero-order valence-corrected chi connectivity index (χ0v) is 16.4. The zero-order valence-electron chi connectivity index (χ0n) is 15.6. The molecular weight excluding hydrogens is 406 g/mol. The van der Waals surface area contributed by atoms with Crippen molar-refractivity contribution in [1.29, 1.82) is 0 Å². The molecule has 0 radical (unpaired) electrons. The zero-order chi connectivity index (χ0) is 21.2. The number of ether oxygens (including phenoxy) is 2. The van der Waals surface area contributed by atoms with Crippen molar-refractivity contribution in [3.63, 3.8) is 0 Å². The first-order valence-electron chi connectivity index (χ1n) is 8.63. The molecule has 1 saturated heterocycles. The highest BCUT2D eigenvalue weighted by Crippen LogP contribution is 2.33. The van der Waals surface area contributed by atoms with Gasteiger partial charge in [-0.15, -0.1) is 0 Å². The van der Waals surface area contributed by atoms with E-state index in [9.17, 15) is 23.3 Å². The van der Waals surface area contributed by atoms with E-state index >= 15 is 0 Å². The third-order valence-electron chi connectivity index (χ3n) is 4.32. The molecule has 1 aromatic carbocycles. The van der Waals surface area contributed by atoms with Gasteiger partial charge in [-0.05, 0) is 24.0 Å². The molecule has 3 unspecified atom stereocenters. The minimum atomic E-state index is -4.06. The fraction of sp³-hybridized carbons (Fsp3) is 0.412. The van der Waals surface area contributed by atoms with Crippen molar-refractivity contribution < 1.29 is 31.8 Å². The predicted molar refractivity (Wildman–Crippen MR) is 97.3 cm³/mol. The summed E-state index contributed by atoms with van der Waals surface area (Å²) >= 11 is 0. The molecule has 3 atom stereocenters. The van der Waals surface area contributed by atoms with Gasteiger partial charge in [-0.3, -0.25) is 8.98 Å². The summed E-state index contributed by atoms with van der Waals surface area (Å²) < 4.78 is 42.0. The van der Waals surface area contributed by atoms with Gasteiger partial charge in [0.2, 0.25) is 0 Å². The molecule has 0 N–H and O–H groups in total. The van der Waals surface area contributed by atoms with Gasteiger partial charge in [0.1, 0.15) is 24.6 Å². The van der Waals surface area contributed by atoms with E-state index in [0.29, 0.717) is 0 Å². The Hall–Kier alpha value is -2.83. The number of nitrogens with zero attached hydrogens (tertiary/aromatic N) is 3. The van der Waals surface area contributed by atoms with Crippen LogP contribution in [0.5, 0.6) is 0 Å². The van der Waals surface area contributed by atoms with Gasteiger partial charge in [0.05, 0.1) is 11.5 Å². The third-order valence-corrected chi connectivity index (χ3v) is 5.61. The molecule has 1 fully saturated rings. The monoisotopic (exact) mass is 425 g/mol. The first kappa shape index (κ1) is 20.9. The van der Waals surface area contributed by atoms with Crippen molar-refractivity contribution in [3.8, 4) is 0 Å². The second-order valence-corrected chi connectivity index (χ2v) is 8.07. The Labute approximate surface area is 166 Å². The molecule has 12 heteroatoms. The Morgan fingerprint density at radius 1 is 1.38 bits per heavy atom. The minimum Gasteiger partial charge on any atom is -0.459 e. The van der Waals surface area contributed by atoms with Crippen LogP contribution in [0.3, 0.4) is 0 Å². The van der Waals surface area contributed by atoms with Crippen LogP contribution >= 0.6 is 0 Å². The molecule has 3 rings (SSSR count). The van der Waals surface area contributed by atoms with Crippen molar-refractivity contribution >= 4 is 22.0 Å². The summed E-state index contributed by atoms with van der Waals surface area (Å²) in [7, 11) is -4.06. The number of rotatable bonds is 7. The molecule has 156 valence electrons. The maximum atomic E-state index is 12.4. The SMILES string of the molecule is CC(=O)OC1CC(n2ccnc2[N+](=O)[O-])OC1COS(=O)(=O)c1ccc(C)cc1. The fourth-order valence-corrected chi connectivity index (χ4v) is 3.88. The average molecular weight is 425 g/mol. The number of esters is 1. The topological polar surface area (TPSA) is 140 Å². The van der Waals surface area contributed by atoms with Gasteiger partial charge in [-0.25, -0.2) is 4.57 Å². The Bertz CT molecular complexity index is 1000. The molecule has 1 aromatic heterocycles. The number of carbonyl (C=O) groups excluding carboxylic acids is 1. The van der Waals surface area contributed by atoms with Crippen molar-refractivity contribution in [1.82, 2.24) is 9.55 Å². The molecule has 29 heavy (non-hydrogen) atoms. The maximum absolute atomic E-state index is 12.4. The van der Waals surface area contributed by atoms with Gasteiger partial charge >= 0.3 is 11.9 Å². The molecule has 11 nitrogen and oxygen atoms in total. The summed E-state index contributed by atoms with van der Waals surface area (Å²) in [6.45, 7) is 2.60. The van der Waals surface area contributed by atoms with Crippen LogP contribution in [0.4, 0.5) is 5.95 Å². The molecule has 1 aliphatic rings. The molecule has 0 saturated carbocycles. The fourth-order valence-electron chi connectivity index (χ4n) is 2.96. The predicted octanol–water partition coefficient (Wildman–Crippen LogP) is 1.72. The molecule has 2 heterocycles. The first-order valence-corrected chi connectivity index (χ1v) is 10.0. The standard InChI is InChI=1S/C17H19N3O8S/c1-11-3-5-13(6-4-11)29(24,25)26-10-15-14(27-12(2)21)9-16(28-15)19-8-7-18-17(19)20(22)23/h3-8,14-16H,9-10H2,1-2H3. The van der Waals surface area contributed by atoms with Gasteiger partial charge < -0.3 is 19.6 Å². The first-order chi connectivity index (χ1) is 13.7. The Balaban J connectivity index is 1.75. The highest BCUT2D eigenvalue weighted by molar-refractivity contribution is 7.86. The van der Waals surface area contributed by atoms with E-state index in [4.69, 9.17) is 13.7 Å². The number of nitro groups is 1. The number of hydrogen-bond acceptors (Lipinski definition) is 9. The highest BCUT2D eigenvalue weighted by Gasteiger charge is 2.42. The van der Waals surface area contributed by atoms with Gasteiger partial charge in [-0.2, -0.15) is 8.42 Å². The lowest BCUT2D eigenvalue weighted by molar-refractivity contribution is -0.398. The number of benzene rings is 1. The molecular formula is C17H19N3O8S. The van der Waals surface area contributed by atoms with E-state index in [1.54, 1.807) is 12.1 Å². The van der Waals surface area contributed by atoms with Crippen LogP contribution < -0.4 is 0 Å². The number of aromatic nitrogens is 2. The number of aryl methyl sites for hydroxylation is 1. The van der Waals surface area contributed by atoms with Gasteiger partial charge in [-0.1, -0.05) is 22.7 Å². The van der Waals surface area contributed by atoms with Crippen molar-refractivity contribution in [2.45, 2.75) is 43.6 Å². The number of hydrogen-bond donors (Lipinski definition) is 0. The van der Waals surface area contributed by atoms with Crippen LogP contribution in [0.2, 0.25) is 0 Å². The largest absolute Gasteiger partial charge is 0.459 e. The van der Waals surface area contributed by atoms with Crippen LogP contribution in [-0.4, -0.2) is 47.7 Å². The second-order valence-electron chi connectivity index (χ2n) is 6.46. The van der Waals surface area contributed by atoms with Gasteiger partial charge in [0.25, 0.3) is 10.1 Å². The lowest BCUT2D eigenvalue weighted by Crippen LogP contribution is -2.31. The molecule has 0 spiro atoms. The van der Waals surface area contributed by atoms with Crippen molar-refractivity contribution in [2.24, 2.45) is 0 Å². The lowest BCUT2D eigenvalue weighted by Gasteiger charge is -2.17. The molecule has 1 aliphatic heterocycles. The maximum Gasteiger partial charge on any atom is 0.436 e. The van der Waals surface area contributed by atoms with Crippen molar-refractivity contribution in [2.75, 3.05) is 6.61 Å². The summed E-state index contributed by atoms with van der Waals surface area (Å²) in [6.07, 6.45) is 0.0420. The number of imidazole rings is 1. The van der Waals surface area contributed by atoms with E-state index < -0.39 is 52.0 Å². The Morgan fingerprint density at radius 3 is 2.69 bits per heavy atom. The molecule has 0 amide bonds. The van der Waals surface area contributed by atoms with Crippen LogP contribution in [0.25, 0.3) is 0 Å². The minimum absolute atomic E-state index is 0.0214. The normalized spacial score (nSPS) is 21.8. The summed E-state index contributed by atoms with van der Waals surface area (Å²) in [5.41, 5.74) is 0.891. The summed E-state index contributed by atoms with van der Waals surface area (Å²) in [4.78, 5) is 25.5. The van der Waals surface area contributed by atoms with E-state index in [-0.39, 0.29) is 11.3 Å². The number of carbonyl (C=O) groups is 1. The highest BCUT2D eigenvalue weighted by atomic mass is 32.2. The lowest BCUT2D eigenvalue weighted by atomic mass is 10.2. The van der Waals surface area contributed by atoms with E-state index in [0.717, 1.165) is 5.56 Å². The van der Waals surface area contributed by atoms with E-state index in [1.807, 2.05) is 6.92 Å². The molecule has 2 aromatic rings. The van der Waals surface area contributed by atoms with Crippen LogP contribution in [-0.2, 0) is 28.6 Å². The van der Waals surface area contributed by atoms with Gasteiger partial charge in [0, 0.05) is 13.3 Å². The summed E-state index contributed by atoms with van der Waals surface area (Å²) in [5.74, 6) is -1.03. The van der Waals surface area contributed by atoms with E-state index in [1.165, 1.54) is 36.0 Å². The van der Waals surface area contributed by atoms with Crippen LogP contribution in [0.1, 0.15) is 25.1 Å². The molecule has 0 bridgehead atoms. The quantitative estimate of drug-likeness (QED) is 0.281. The average Bonchev–Trinajstić information content (AvgIpc) is 3.27. The second kappa shape index (κ2) is 8.27. The van der Waals surface area contributed by atoms with Gasteiger partial charge in [0.15, 0.2) is 6.23 Å². The summed E-state index contributed by atoms with van der Waals surface area (Å²) in [5, 5.41) is 11.1. The van der Waals surface area contributed by atoms with E-state index in [2.05, 4.69) is 4.98 Å². The van der Waals surface area contributed by atoms with Crippen LogP contribution in [0, 0.1) is 17.0 Å². The third kappa shape index (κ3) is 4.78. The van der Waals surface area contributed by atoms with Crippen molar-refractivity contribution in [3.05, 3.63) is 52.3 Å². The smallest absolute Gasteiger partial charge is 0.436 e. The summed E-state index contributed by atoms with van der Waals surface area (Å²) in [6, 6.07) is 6.11. The van der Waals surface area contributed by atoms with Crippen LogP contribution in [0.15, 0.2) is 41.6 Å². The molecule has 0 aliphatic carbocycles. The Morgan fingerprint density at radius 2 is 2.07 bits per heavy atom.